The Morgan fingerprint density at radius 2 is 2.31 bits per heavy atom. The molecule has 1 aliphatic rings. The van der Waals surface area contributed by atoms with Gasteiger partial charge in [-0.15, -0.1) is 0 Å². The summed E-state index contributed by atoms with van der Waals surface area (Å²) in [6.45, 7) is 0. The standard InChI is InChI=1S/C12H8ClFNO/c13-9-4-1-5-10(14)11(9)12(16)8-3-2-6-15-7-8/h2-7H,1H2. The zero-order valence-electron chi connectivity index (χ0n) is 8.28. The van der Waals surface area contributed by atoms with Gasteiger partial charge in [-0.25, -0.2) is 4.39 Å². The summed E-state index contributed by atoms with van der Waals surface area (Å²) < 4.78 is 13.5. The Balaban J connectivity index is 2.39. The number of ketones is 1. The highest BCUT2D eigenvalue weighted by atomic mass is 35.5. The second-order valence-electron chi connectivity index (χ2n) is 3.29. The lowest BCUT2D eigenvalue weighted by atomic mass is 9.98. The normalized spacial score (nSPS) is 16.0. The lowest BCUT2D eigenvalue weighted by Gasteiger charge is -2.11. The summed E-state index contributed by atoms with van der Waals surface area (Å²) in [7, 11) is 0. The number of rotatable bonds is 2. The van der Waals surface area contributed by atoms with Crippen molar-refractivity contribution >= 4 is 17.4 Å². The molecule has 4 heteroatoms. The number of Topliss-reactive ketones (excluding diaryl/α,β-unsaturated/α-hetero) is 1. The van der Waals surface area contributed by atoms with Crippen molar-refractivity contribution < 1.29 is 9.18 Å². The first-order chi connectivity index (χ1) is 7.70. The largest absolute Gasteiger partial charge is 0.288 e. The molecule has 1 aliphatic carbocycles. The summed E-state index contributed by atoms with van der Waals surface area (Å²) in [5.74, 6) is -1.01. The molecule has 0 saturated heterocycles. The van der Waals surface area contributed by atoms with Crippen molar-refractivity contribution in [1.29, 1.82) is 0 Å². The van der Waals surface area contributed by atoms with Gasteiger partial charge in [0.15, 0.2) is 5.78 Å². The quantitative estimate of drug-likeness (QED) is 0.738. The van der Waals surface area contributed by atoms with Crippen LogP contribution in [0, 0.1) is 6.42 Å². The van der Waals surface area contributed by atoms with E-state index in [1.165, 1.54) is 12.6 Å². The lowest BCUT2D eigenvalue weighted by molar-refractivity contribution is 0.103. The van der Waals surface area contributed by atoms with E-state index in [-0.39, 0.29) is 10.6 Å². The first-order valence-electron chi connectivity index (χ1n) is 4.74. The zero-order valence-corrected chi connectivity index (χ0v) is 9.04. The second-order valence-corrected chi connectivity index (χ2v) is 3.69. The summed E-state index contributed by atoms with van der Waals surface area (Å²) >= 11 is 5.82. The molecular weight excluding hydrogens is 229 g/mol. The van der Waals surface area contributed by atoms with Gasteiger partial charge in [0.2, 0.25) is 0 Å². The number of halogens is 2. The fourth-order valence-corrected chi connectivity index (χ4v) is 1.71. The number of allylic oxidation sites excluding steroid dienone is 4. The molecule has 0 amide bonds. The van der Waals surface area contributed by atoms with Gasteiger partial charge in [-0.3, -0.25) is 9.78 Å². The molecule has 0 N–H and O–H groups in total. The summed E-state index contributed by atoms with van der Waals surface area (Å²) in [5.41, 5.74) is 0.246. The van der Waals surface area contributed by atoms with E-state index >= 15 is 0 Å². The maximum atomic E-state index is 13.5. The summed E-state index contributed by atoms with van der Waals surface area (Å²) in [6.07, 6.45) is 6.28. The van der Waals surface area contributed by atoms with Gasteiger partial charge in [0.1, 0.15) is 5.83 Å². The molecule has 2 nitrogen and oxygen atoms in total. The molecule has 0 bridgehead atoms. The number of carbonyl (C=O) groups is 1. The van der Waals surface area contributed by atoms with Crippen LogP contribution in [0.25, 0.3) is 0 Å². The Labute approximate surface area is 97.5 Å². The molecule has 0 unspecified atom stereocenters. The van der Waals surface area contributed by atoms with Crippen molar-refractivity contribution in [3.8, 4) is 0 Å². The number of nitrogens with zero attached hydrogens (tertiary/aromatic N) is 1. The fraction of sp³-hybridized carbons (Fsp3) is 0.0833. The van der Waals surface area contributed by atoms with Crippen molar-refractivity contribution in [3.63, 3.8) is 0 Å². The Bertz CT molecular complexity index is 479. The Morgan fingerprint density at radius 3 is 2.94 bits per heavy atom. The molecule has 1 heterocycles. The van der Waals surface area contributed by atoms with E-state index in [1.807, 2.05) is 0 Å². The number of hydrogen-bond donors (Lipinski definition) is 0. The topological polar surface area (TPSA) is 30.0 Å². The number of aromatic nitrogens is 1. The molecule has 0 spiro atoms. The second kappa shape index (κ2) is 4.58. The fourth-order valence-electron chi connectivity index (χ4n) is 1.44. The minimum absolute atomic E-state index is 0.0825. The molecule has 1 aromatic heterocycles. The van der Waals surface area contributed by atoms with Gasteiger partial charge in [0.25, 0.3) is 0 Å². The molecule has 0 aliphatic heterocycles. The van der Waals surface area contributed by atoms with Crippen molar-refractivity contribution in [2.24, 2.45) is 0 Å². The van der Waals surface area contributed by atoms with Crippen LogP contribution in [-0.4, -0.2) is 10.8 Å². The van der Waals surface area contributed by atoms with E-state index in [1.54, 1.807) is 24.4 Å². The molecule has 0 saturated carbocycles. The average Bonchev–Trinajstić information content (AvgIpc) is 2.30. The van der Waals surface area contributed by atoms with Crippen LogP contribution in [0.3, 0.4) is 0 Å². The number of carbonyl (C=O) groups excluding carboxylic acids is 1. The van der Waals surface area contributed by atoms with Crippen LogP contribution in [0.4, 0.5) is 4.39 Å². The van der Waals surface area contributed by atoms with Crippen molar-refractivity contribution in [2.45, 2.75) is 6.42 Å². The molecule has 16 heavy (non-hydrogen) atoms. The monoisotopic (exact) mass is 236 g/mol. The molecule has 0 fully saturated rings. The van der Waals surface area contributed by atoms with Crippen molar-refractivity contribution in [2.75, 3.05) is 0 Å². The smallest absolute Gasteiger partial charge is 0.198 e. The van der Waals surface area contributed by atoms with Crippen LogP contribution < -0.4 is 0 Å². The SMILES string of the molecule is O=C(C1=C(F)[CH]CC=C1Cl)c1cccnc1. The maximum Gasteiger partial charge on any atom is 0.198 e. The summed E-state index contributed by atoms with van der Waals surface area (Å²) in [5, 5.41) is 0.161. The molecule has 0 atom stereocenters. The van der Waals surface area contributed by atoms with Crippen LogP contribution in [0.2, 0.25) is 0 Å². The number of hydrogen-bond acceptors (Lipinski definition) is 2. The zero-order chi connectivity index (χ0) is 11.5. The summed E-state index contributed by atoms with van der Waals surface area (Å²) in [6, 6.07) is 3.20. The van der Waals surface area contributed by atoms with Gasteiger partial charge in [0, 0.05) is 24.4 Å². The van der Waals surface area contributed by atoms with Gasteiger partial charge < -0.3 is 0 Å². The van der Waals surface area contributed by atoms with E-state index in [0.717, 1.165) is 0 Å². The van der Waals surface area contributed by atoms with Gasteiger partial charge in [0.05, 0.1) is 10.6 Å². The highest BCUT2D eigenvalue weighted by Crippen LogP contribution is 2.30. The van der Waals surface area contributed by atoms with Crippen molar-refractivity contribution in [3.05, 3.63) is 59.0 Å². The van der Waals surface area contributed by atoms with E-state index in [4.69, 9.17) is 11.6 Å². The van der Waals surface area contributed by atoms with Crippen LogP contribution >= 0.6 is 11.6 Å². The Morgan fingerprint density at radius 1 is 1.50 bits per heavy atom. The first kappa shape index (κ1) is 11.0. The molecule has 0 aromatic carbocycles. The Kier molecular flexibility index (Phi) is 3.15. The Hall–Kier alpha value is -1.48. The van der Waals surface area contributed by atoms with Crippen LogP contribution in [-0.2, 0) is 0 Å². The van der Waals surface area contributed by atoms with Gasteiger partial charge in [-0.1, -0.05) is 17.7 Å². The van der Waals surface area contributed by atoms with E-state index in [2.05, 4.69) is 4.98 Å². The predicted octanol–water partition coefficient (Wildman–Crippen LogP) is 3.22. The molecule has 1 aromatic rings. The molecule has 2 rings (SSSR count). The third kappa shape index (κ3) is 2.04. The summed E-state index contributed by atoms with van der Waals surface area (Å²) in [4.78, 5) is 15.7. The highest BCUT2D eigenvalue weighted by molar-refractivity contribution is 6.37. The predicted molar refractivity (Wildman–Crippen MR) is 59.6 cm³/mol. The molecule has 1 radical (unpaired) electrons. The average molecular weight is 237 g/mol. The van der Waals surface area contributed by atoms with Crippen LogP contribution in [0.1, 0.15) is 16.8 Å². The van der Waals surface area contributed by atoms with Crippen molar-refractivity contribution in [1.82, 2.24) is 4.98 Å². The van der Waals surface area contributed by atoms with E-state index in [0.29, 0.717) is 12.0 Å². The third-order valence-corrected chi connectivity index (χ3v) is 2.57. The first-order valence-corrected chi connectivity index (χ1v) is 5.11. The number of pyridine rings is 1. The van der Waals surface area contributed by atoms with Gasteiger partial charge >= 0.3 is 0 Å². The van der Waals surface area contributed by atoms with Crippen LogP contribution in [0.5, 0.6) is 0 Å². The minimum Gasteiger partial charge on any atom is -0.288 e. The van der Waals surface area contributed by atoms with Crippen LogP contribution in [0.15, 0.2) is 47.0 Å². The molecule has 81 valence electrons. The van der Waals surface area contributed by atoms with E-state index in [9.17, 15) is 9.18 Å². The highest BCUT2D eigenvalue weighted by Gasteiger charge is 2.23. The van der Waals surface area contributed by atoms with Gasteiger partial charge in [-0.2, -0.15) is 0 Å². The minimum atomic E-state index is -0.568. The maximum absolute atomic E-state index is 13.5. The molecular formula is C12H8ClFNO. The third-order valence-electron chi connectivity index (χ3n) is 2.22. The van der Waals surface area contributed by atoms with E-state index < -0.39 is 11.6 Å². The lowest BCUT2D eigenvalue weighted by Crippen LogP contribution is -2.09. The van der Waals surface area contributed by atoms with Gasteiger partial charge in [-0.05, 0) is 18.6 Å².